The highest BCUT2D eigenvalue weighted by molar-refractivity contribution is 5.75. The summed E-state index contributed by atoms with van der Waals surface area (Å²) < 4.78 is 5.61. The van der Waals surface area contributed by atoms with E-state index in [2.05, 4.69) is 57.4 Å². The van der Waals surface area contributed by atoms with Gasteiger partial charge in [-0.15, -0.1) is 5.10 Å². The first-order chi connectivity index (χ1) is 16.3. The molecule has 0 amide bonds. The number of ether oxygens (including phenoxy) is 1. The maximum absolute atomic E-state index is 11.3. The molecule has 34 heavy (non-hydrogen) atoms. The summed E-state index contributed by atoms with van der Waals surface area (Å²) in [4.78, 5) is 18.5. The molecule has 0 radical (unpaired) electrons. The summed E-state index contributed by atoms with van der Waals surface area (Å²) >= 11 is 0. The smallest absolute Gasteiger partial charge is 0.303 e. The number of methoxy groups -OCH3 is 1. The lowest BCUT2D eigenvalue weighted by atomic mass is 9.90. The predicted octanol–water partition coefficient (Wildman–Crippen LogP) is 5.42. The van der Waals surface area contributed by atoms with Crippen molar-refractivity contribution in [3.05, 3.63) is 29.6 Å². The summed E-state index contributed by atoms with van der Waals surface area (Å²) in [6.45, 7) is 7.41. The Kier molecular flexibility index (Phi) is 7.76. The number of aromatic nitrogens is 3. The topological polar surface area (TPSA) is 103 Å². The van der Waals surface area contributed by atoms with E-state index in [1.165, 1.54) is 0 Å². The molecule has 1 heterocycles. The summed E-state index contributed by atoms with van der Waals surface area (Å²) in [5.41, 5.74) is 3.06. The number of anilines is 3. The second-order valence-corrected chi connectivity index (χ2v) is 10.4. The highest BCUT2D eigenvalue weighted by atomic mass is 16.5. The van der Waals surface area contributed by atoms with Gasteiger partial charge in [0, 0.05) is 25.6 Å². The van der Waals surface area contributed by atoms with E-state index in [0.29, 0.717) is 29.9 Å². The molecule has 186 valence electrons. The van der Waals surface area contributed by atoms with E-state index in [-0.39, 0.29) is 12.3 Å². The number of aromatic amines is 1. The number of nitrogens with zero attached hydrogens (tertiary/aromatic N) is 3. The number of H-pyrrole nitrogens is 1. The van der Waals surface area contributed by atoms with Gasteiger partial charge in [-0.1, -0.05) is 26.8 Å². The van der Waals surface area contributed by atoms with Crippen molar-refractivity contribution >= 4 is 23.3 Å². The van der Waals surface area contributed by atoms with Crippen molar-refractivity contribution in [2.45, 2.75) is 89.7 Å². The number of benzene rings is 1. The predicted molar refractivity (Wildman–Crippen MR) is 134 cm³/mol. The van der Waals surface area contributed by atoms with Crippen LogP contribution in [0.2, 0.25) is 0 Å². The van der Waals surface area contributed by atoms with Gasteiger partial charge in [0.1, 0.15) is 5.82 Å². The van der Waals surface area contributed by atoms with E-state index in [0.717, 1.165) is 67.8 Å². The Balaban J connectivity index is 1.66. The lowest BCUT2D eigenvalue weighted by Gasteiger charge is -2.40. The van der Waals surface area contributed by atoms with Crippen LogP contribution in [0.5, 0.6) is 0 Å². The van der Waals surface area contributed by atoms with Crippen LogP contribution in [0.4, 0.5) is 17.3 Å². The van der Waals surface area contributed by atoms with Gasteiger partial charge in [0.2, 0.25) is 5.95 Å². The zero-order chi connectivity index (χ0) is 24.2. The van der Waals surface area contributed by atoms with Crippen LogP contribution in [0, 0.1) is 5.92 Å². The number of nitrogens with one attached hydrogen (secondary N) is 2. The molecule has 0 spiro atoms. The van der Waals surface area contributed by atoms with Crippen molar-refractivity contribution in [1.29, 1.82) is 0 Å². The fraction of sp³-hybridized carbons (Fsp3) is 0.654. The third-order valence-electron chi connectivity index (χ3n) is 7.07. The summed E-state index contributed by atoms with van der Waals surface area (Å²) in [5, 5.41) is 20.3. The number of hydrogen-bond acceptors (Lipinski definition) is 6. The number of aliphatic carboxylic acids is 1. The molecule has 0 bridgehead atoms. The summed E-state index contributed by atoms with van der Waals surface area (Å²) in [6, 6.07) is 6.75. The van der Waals surface area contributed by atoms with E-state index >= 15 is 0 Å². The minimum atomic E-state index is -0.787. The maximum Gasteiger partial charge on any atom is 0.303 e. The molecule has 8 nitrogen and oxygen atoms in total. The van der Waals surface area contributed by atoms with E-state index in [1.54, 1.807) is 0 Å². The standard InChI is InChI=1S/C26H39N5O3/c1-16(2)15-31(20-8-10-21(34-4)11-9-20)23-12-7-19(17(3)13-24(32)33)14-22(23)27-26-28-25(29-30-26)18-5-6-18/h7,12,14,16-18,20-21H,5-6,8-11,13,15H2,1-4H3,(H,32,33)(H2,27,28,29,30)/t17-,20-,21-/m1/s1. The molecule has 1 aromatic carbocycles. The van der Waals surface area contributed by atoms with Crippen molar-refractivity contribution in [2.24, 2.45) is 5.92 Å². The lowest BCUT2D eigenvalue weighted by molar-refractivity contribution is -0.137. The molecular weight excluding hydrogens is 430 g/mol. The zero-order valence-corrected chi connectivity index (χ0v) is 20.9. The van der Waals surface area contributed by atoms with Crippen molar-refractivity contribution < 1.29 is 14.6 Å². The highest BCUT2D eigenvalue weighted by Crippen LogP contribution is 2.40. The molecule has 3 N–H and O–H groups in total. The second kappa shape index (κ2) is 10.8. The van der Waals surface area contributed by atoms with Crippen LogP contribution >= 0.6 is 0 Å². The Hall–Kier alpha value is -2.61. The lowest BCUT2D eigenvalue weighted by Crippen LogP contribution is -2.41. The quantitative estimate of drug-likeness (QED) is 0.403. The van der Waals surface area contributed by atoms with E-state index in [1.807, 2.05) is 14.0 Å². The fourth-order valence-electron chi connectivity index (χ4n) is 5.01. The Labute approximate surface area is 202 Å². The Morgan fingerprint density at radius 3 is 2.56 bits per heavy atom. The van der Waals surface area contributed by atoms with Crippen LogP contribution in [-0.2, 0) is 9.53 Å². The van der Waals surface area contributed by atoms with E-state index < -0.39 is 5.97 Å². The number of rotatable bonds is 11. The third kappa shape index (κ3) is 6.09. The first-order valence-electron chi connectivity index (χ1n) is 12.7. The van der Waals surface area contributed by atoms with Gasteiger partial charge in [-0.2, -0.15) is 4.98 Å². The molecule has 0 aliphatic heterocycles. The van der Waals surface area contributed by atoms with Crippen LogP contribution < -0.4 is 10.2 Å². The van der Waals surface area contributed by atoms with Crippen LogP contribution in [0.15, 0.2) is 18.2 Å². The van der Waals surface area contributed by atoms with Gasteiger partial charge in [0.25, 0.3) is 0 Å². The number of carbonyl (C=O) groups is 1. The van der Waals surface area contributed by atoms with Gasteiger partial charge in [-0.05, 0) is 68.1 Å². The highest BCUT2D eigenvalue weighted by Gasteiger charge is 2.29. The van der Waals surface area contributed by atoms with Gasteiger partial charge < -0.3 is 20.1 Å². The first kappa shape index (κ1) is 24.5. The molecule has 1 aromatic heterocycles. The van der Waals surface area contributed by atoms with Crippen molar-refractivity contribution in [3.8, 4) is 0 Å². The summed E-state index contributed by atoms with van der Waals surface area (Å²) in [7, 11) is 1.81. The van der Waals surface area contributed by atoms with Crippen molar-refractivity contribution in [1.82, 2.24) is 15.2 Å². The van der Waals surface area contributed by atoms with E-state index in [4.69, 9.17) is 4.74 Å². The summed E-state index contributed by atoms with van der Waals surface area (Å²) in [6.07, 6.45) is 7.09. The number of carboxylic acid groups (broad SMARTS) is 1. The molecule has 4 rings (SSSR count). The second-order valence-electron chi connectivity index (χ2n) is 10.4. The molecule has 8 heteroatoms. The van der Waals surface area contributed by atoms with Gasteiger partial charge in [-0.25, -0.2) is 0 Å². The SMILES string of the molecule is CO[C@H]1CC[C@H](N(CC(C)C)c2ccc([C@H](C)CC(=O)O)cc2Nc2n[nH]c(C3CC3)n2)CC1. The monoisotopic (exact) mass is 469 g/mol. The Bertz CT molecular complexity index is 963. The Morgan fingerprint density at radius 1 is 1.21 bits per heavy atom. The van der Waals surface area contributed by atoms with Crippen LogP contribution in [0.1, 0.15) is 88.9 Å². The van der Waals surface area contributed by atoms with Crippen molar-refractivity contribution in [3.63, 3.8) is 0 Å². The molecule has 0 unspecified atom stereocenters. The van der Waals surface area contributed by atoms with Gasteiger partial charge in [0.05, 0.1) is 23.9 Å². The van der Waals surface area contributed by atoms with E-state index in [9.17, 15) is 9.90 Å². The third-order valence-corrected chi connectivity index (χ3v) is 7.07. The molecule has 2 aliphatic rings. The van der Waals surface area contributed by atoms with Gasteiger partial charge in [0.15, 0.2) is 0 Å². The minimum Gasteiger partial charge on any atom is -0.481 e. The van der Waals surface area contributed by atoms with Gasteiger partial charge >= 0.3 is 5.97 Å². The van der Waals surface area contributed by atoms with Crippen LogP contribution in [0.3, 0.4) is 0 Å². The fourth-order valence-corrected chi connectivity index (χ4v) is 5.01. The molecule has 2 aliphatic carbocycles. The molecular formula is C26H39N5O3. The minimum absolute atomic E-state index is 0.0861. The van der Waals surface area contributed by atoms with Gasteiger partial charge in [-0.3, -0.25) is 9.89 Å². The summed E-state index contributed by atoms with van der Waals surface area (Å²) in [5.74, 6) is 1.64. The van der Waals surface area contributed by atoms with Crippen molar-refractivity contribution in [2.75, 3.05) is 23.9 Å². The number of hydrogen-bond donors (Lipinski definition) is 3. The zero-order valence-electron chi connectivity index (χ0n) is 20.9. The normalized spacial score (nSPS) is 21.4. The molecule has 2 fully saturated rings. The number of carboxylic acids is 1. The Morgan fingerprint density at radius 2 is 1.94 bits per heavy atom. The first-order valence-corrected chi connectivity index (χ1v) is 12.7. The molecule has 2 saturated carbocycles. The molecule has 2 aromatic rings. The molecule has 1 atom stereocenters. The molecule has 0 saturated heterocycles. The average molecular weight is 470 g/mol. The largest absolute Gasteiger partial charge is 0.481 e. The maximum atomic E-state index is 11.3. The van der Waals surface area contributed by atoms with Crippen LogP contribution in [-0.4, -0.2) is 52.1 Å². The average Bonchev–Trinajstić information content (AvgIpc) is 3.56. The van der Waals surface area contributed by atoms with Crippen LogP contribution in [0.25, 0.3) is 0 Å².